The van der Waals surface area contributed by atoms with Crippen LogP contribution in [-0.2, 0) is 11.2 Å². The monoisotopic (exact) mass is 368 g/mol. The normalized spacial score (nSPS) is 21.8. The van der Waals surface area contributed by atoms with Crippen LogP contribution >= 0.6 is 0 Å². The van der Waals surface area contributed by atoms with E-state index in [9.17, 15) is 14.0 Å². The number of carbonyl (C=O) groups is 2. The van der Waals surface area contributed by atoms with Gasteiger partial charge in [0.2, 0.25) is 5.91 Å². The Morgan fingerprint density at radius 3 is 2.78 bits per heavy atom. The van der Waals surface area contributed by atoms with Crippen molar-refractivity contribution in [2.24, 2.45) is 0 Å². The Balaban J connectivity index is 1.51. The van der Waals surface area contributed by atoms with Crippen LogP contribution in [0.2, 0.25) is 0 Å². The first-order chi connectivity index (χ1) is 13.0. The topological polar surface area (TPSA) is 58.6 Å². The molecule has 140 valence electrons. The quantitative estimate of drug-likeness (QED) is 0.886. The van der Waals surface area contributed by atoms with E-state index >= 15 is 0 Å². The Morgan fingerprint density at radius 1 is 1.19 bits per heavy atom. The molecule has 0 aromatic heterocycles. The molecule has 2 aliphatic rings. The molecule has 0 unspecified atom stereocenters. The van der Waals surface area contributed by atoms with Crippen molar-refractivity contribution in [3.05, 3.63) is 65.5 Å². The maximum atomic E-state index is 13.1. The number of para-hydroxylation sites is 1. The number of ether oxygens (including phenoxy) is 1. The number of benzene rings is 2. The van der Waals surface area contributed by atoms with Crippen molar-refractivity contribution < 1.29 is 18.7 Å². The largest absolute Gasteiger partial charge is 0.483 e. The van der Waals surface area contributed by atoms with Gasteiger partial charge in [0.15, 0.2) is 0 Å². The van der Waals surface area contributed by atoms with Crippen LogP contribution in [0.3, 0.4) is 0 Å². The van der Waals surface area contributed by atoms with Gasteiger partial charge in [0.25, 0.3) is 5.91 Å². The van der Waals surface area contributed by atoms with Gasteiger partial charge in [-0.1, -0.05) is 24.3 Å². The van der Waals surface area contributed by atoms with Crippen molar-refractivity contribution in [3.63, 3.8) is 0 Å². The Bertz CT molecular complexity index is 868. The molecule has 27 heavy (non-hydrogen) atoms. The summed E-state index contributed by atoms with van der Waals surface area (Å²) in [7, 11) is 0. The molecular formula is C21H21FN2O3. The van der Waals surface area contributed by atoms with Crippen molar-refractivity contribution in [2.45, 2.75) is 24.9 Å². The van der Waals surface area contributed by atoms with Crippen molar-refractivity contribution >= 4 is 11.8 Å². The van der Waals surface area contributed by atoms with E-state index in [1.54, 1.807) is 35.2 Å². The molecule has 2 aliphatic heterocycles. The third-order valence-electron chi connectivity index (χ3n) is 5.19. The molecule has 2 amide bonds. The summed E-state index contributed by atoms with van der Waals surface area (Å²) < 4.78 is 19.3. The maximum Gasteiger partial charge on any atom is 0.255 e. The second kappa shape index (κ2) is 7.02. The maximum absolute atomic E-state index is 13.1. The first-order valence-electron chi connectivity index (χ1n) is 9.13. The molecule has 0 radical (unpaired) electrons. The molecule has 1 spiro atoms. The average Bonchev–Trinajstić information content (AvgIpc) is 2.81. The molecule has 1 saturated heterocycles. The minimum atomic E-state index is -0.626. The second-order valence-electron chi connectivity index (χ2n) is 7.19. The fraction of sp³-hybridized carbons (Fsp3) is 0.333. The minimum Gasteiger partial charge on any atom is -0.483 e. The van der Waals surface area contributed by atoms with Crippen LogP contribution in [0.5, 0.6) is 5.75 Å². The molecule has 0 bridgehead atoms. The van der Waals surface area contributed by atoms with Gasteiger partial charge in [-0.15, -0.1) is 0 Å². The number of piperidine rings is 1. The molecule has 5 nitrogen and oxygen atoms in total. The van der Waals surface area contributed by atoms with E-state index in [1.165, 1.54) is 12.1 Å². The van der Waals surface area contributed by atoms with Gasteiger partial charge in [0.05, 0.1) is 25.1 Å². The zero-order valence-electron chi connectivity index (χ0n) is 14.9. The zero-order chi connectivity index (χ0) is 18.9. The lowest BCUT2D eigenvalue weighted by Crippen LogP contribution is -2.58. The molecule has 1 atom stereocenters. The predicted molar refractivity (Wildman–Crippen MR) is 98.1 cm³/mol. The Morgan fingerprint density at radius 2 is 1.96 bits per heavy atom. The first-order valence-corrected chi connectivity index (χ1v) is 9.13. The van der Waals surface area contributed by atoms with E-state index in [0.717, 1.165) is 18.4 Å². The standard InChI is InChI=1S/C21H21FN2O3/c22-16-8-6-15(7-9-16)12-19(25)24-11-3-10-21(14-24)13-23-20(26)17-4-1-2-5-18(17)27-21/h1-2,4-9H,3,10-14H2,(H,23,26)/t21-/m0/s1. The molecule has 1 fully saturated rings. The molecule has 2 aromatic rings. The van der Waals surface area contributed by atoms with Crippen LogP contribution in [-0.4, -0.2) is 41.9 Å². The lowest BCUT2D eigenvalue weighted by atomic mass is 9.92. The molecule has 2 heterocycles. The smallest absolute Gasteiger partial charge is 0.255 e. The zero-order valence-corrected chi connectivity index (χ0v) is 14.9. The molecule has 0 saturated carbocycles. The molecule has 6 heteroatoms. The summed E-state index contributed by atoms with van der Waals surface area (Å²) >= 11 is 0. The van der Waals surface area contributed by atoms with E-state index in [1.807, 2.05) is 6.07 Å². The minimum absolute atomic E-state index is 0.0202. The summed E-state index contributed by atoms with van der Waals surface area (Å²) in [5, 5.41) is 2.93. The highest BCUT2D eigenvalue weighted by molar-refractivity contribution is 5.97. The highest BCUT2D eigenvalue weighted by Gasteiger charge is 2.41. The van der Waals surface area contributed by atoms with Gasteiger partial charge in [-0.25, -0.2) is 4.39 Å². The summed E-state index contributed by atoms with van der Waals surface area (Å²) in [5.41, 5.74) is 0.671. The van der Waals surface area contributed by atoms with E-state index in [-0.39, 0.29) is 24.1 Å². The number of carbonyl (C=O) groups excluding carboxylic acids is 2. The lowest BCUT2D eigenvalue weighted by molar-refractivity contribution is -0.136. The van der Waals surface area contributed by atoms with Crippen LogP contribution in [0.4, 0.5) is 4.39 Å². The summed E-state index contributed by atoms with van der Waals surface area (Å²) in [6.45, 7) is 1.43. The van der Waals surface area contributed by atoms with Crippen molar-refractivity contribution in [1.29, 1.82) is 0 Å². The molecule has 0 aliphatic carbocycles. The first kappa shape index (κ1) is 17.5. The van der Waals surface area contributed by atoms with Gasteiger partial charge < -0.3 is 15.0 Å². The van der Waals surface area contributed by atoms with Crippen LogP contribution in [0.25, 0.3) is 0 Å². The SMILES string of the molecule is O=C1NC[C@]2(CCCN(C(=O)Cc3ccc(F)cc3)C2)Oc2ccccc21. The fourth-order valence-corrected chi connectivity index (χ4v) is 3.78. The highest BCUT2D eigenvalue weighted by Crippen LogP contribution is 2.32. The van der Waals surface area contributed by atoms with E-state index in [4.69, 9.17) is 4.74 Å². The van der Waals surface area contributed by atoms with E-state index < -0.39 is 5.60 Å². The number of nitrogens with zero attached hydrogens (tertiary/aromatic N) is 1. The number of amides is 2. The van der Waals surface area contributed by atoms with Crippen LogP contribution in [0.1, 0.15) is 28.8 Å². The van der Waals surface area contributed by atoms with Crippen LogP contribution < -0.4 is 10.1 Å². The Kier molecular flexibility index (Phi) is 4.56. The number of hydrogen-bond donors (Lipinski definition) is 1. The van der Waals surface area contributed by atoms with Gasteiger partial charge in [-0.2, -0.15) is 0 Å². The Hall–Kier alpha value is -2.89. The lowest BCUT2D eigenvalue weighted by Gasteiger charge is -2.42. The number of rotatable bonds is 2. The van der Waals surface area contributed by atoms with Gasteiger partial charge >= 0.3 is 0 Å². The molecule has 4 rings (SSSR count). The second-order valence-corrected chi connectivity index (χ2v) is 7.19. The molecule has 1 N–H and O–H groups in total. The summed E-state index contributed by atoms with van der Waals surface area (Å²) in [6, 6.07) is 13.2. The summed E-state index contributed by atoms with van der Waals surface area (Å²) in [6.07, 6.45) is 1.79. The van der Waals surface area contributed by atoms with E-state index in [0.29, 0.717) is 30.9 Å². The van der Waals surface area contributed by atoms with Gasteiger partial charge in [-0.05, 0) is 42.7 Å². The van der Waals surface area contributed by atoms with Crippen molar-refractivity contribution in [2.75, 3.05) is 19.6 Å². The van der Waals surface area contributed by atoms with Gasteiger partial charge in [-0.3, -0.25) is 9.59 Å². The summed E-state index contributed by atoms with van der Waals surface area (Å²) in [4.78, 5) is 26.9. The van der Waals surface area contributed by atoms with Crippen molar-refractivity contribution in [3.8, 4) is 5.75 Å². The third kappa shape index (κ3) is 3.65. The fourth-order valence-electron chi connectivity index (χ4n) is 3.78. The number of hydrogen-bond acceptors (Lipinski definition) is 3. The molecular weight excluding hydrogens is 347 g/mol. The Labute approximate surface area is 157 Å². The third-order valence-corrected chi connectivity index (χ3v) is 5.19. The average molecular weight is 368 g/mol. The van der Waals surface area contributed by atoms with Crippen LogP contribution in [0, 0.1) is 5.82 Å². The van der Waals surface area contributed by atoms with Gasteiger partial charge in [0, 0.05) is 6.54 Å². The van der Waals surface area contributed by atoms with Crippen molar-refractivity contribution in [1.82, 2.24) is 10.2 Å². The van der Waals surface area contributed by atoms with Gasteiger partial charge in [0.1, 0.15) is 17.2 Å². The predicted octanol–water partition coefficient (Wildman–Crippen LogP) is 2.55. The number of halogens is 1. The number of likely N-dealkylation sites (tertiary alicyclic amines) is 1. The number of nitrogens with one attached hydrogen (secondary N) is 1. The number of fused-ring (bicyclic) bond motifs is 1. The molecule has 2 aromatic carbocycles. The van der Waals surface area contributed by atoms with E-state index in [2.05, 4.69) is 5.32 Å². The summed E-state index contributed by atoms with van der Waals surface area (Å²) in [5.74, 6) is 0.0649. The highest BCUT2D eigenvalue weighted by atomic mass is 19.1. The van der Waals surface area contributed by atoms with Crippen LogP contribution in [0.15, 0.2) is 48.5 Å².